The average Bonchev–Trinajstić information content (AvgIpc) is 2.53. The minimum absolute atomic E-state index is 0.297. The summed E-state index contributed by atoms with van der Waals surface area (Å²) in [5.41, 5.74) is 4.47. The highest BCUT2D eigenvalue weighted by Crippen LogP contribution is 2.08. The number of nitrogens with zero attached hydrogens (tertiary/aromatic N) is 2. The largest absolute Gasteiger partial charge is 0.272 e. The highest BCUT2D eigenvalue weighted by atomic mass is 19.1. The van der Waals surface area contributed by atoms with Crippen molar-refractivity contribution < 1.29 is 9.18 Å². The monoisotopic (exact) mass is 285 g/mol. The Hall–Kier alpha value is -2.56. The second-order valence-corrected chi connectivity index (χ2v) is 4.50. The van der Waals surface area contributed by atoms with Gasteiger partial charge in [0.25, 0.3) is 5.91 Å². The molecule has 0 aliphatic carbocycles. The first-order valence-electron chi connectivity index (χ1n) is 6.73. The number of halogens is 1. The summed E-state index contributed by atoms with van der Waals surface area (Å²) >= 11 is 0. The fourth-order valence-corrected chi connectivity index (χ4v) is 1.82. The van der Waals surface area contributed by atoms with E-state index in [0.29, 0.717) is 12.0 Å². The van der Waals surface area contributed by atoms with Gasteiger partial charge in [0.05, 0.1) is 11.3 Å². The van der Waals surface area contributed by atoms with E-state index in [2.05, 4.69) is 15.5 Å². The van der Waals surface area contributed by atoms with Crippen molar-refractivity contribution in [3.8, 4) is 0 Å². The van der Waals surface area contributed by atoms with Gasteiger partial charge in [-0.3, -0.25) is 9.78 Å². The van der Waals surface area contributed by atoms with Gasteiger partial charge in [-0.1, -0.05) is 25.5 Å². The quantitative estimate of drug-likeness (QED) is 0.677. The van der Waals surface area contributed by atoms with Crippen molar-refractivity contribution in [1.82, 2.24) is 10.4 Å². The van der Waals surface area contributed by atoms with Crippen molar-refractivity contribution in [2.24, 2.45) is 5.10 Å². The van der Waals surface area contributed by atoms with E-state index in [-0.39, 0.29) is 11.7 Å². The van der Waals surface area contributed by atoms with E-state index in [0.717, 1.165) is 17.7 Å². The maximum atomic E-state index is 13.0. The van der Waals surface area contributed by atoms with Crippen LogP contribution in [0.4, 0.5) is 4.39 Å². The van der Waals surface area contributed by atoms with Crippen LogP contribution in [-0.2, 0) is 0 Å². The molecule has 0 radical (unpaired) electrons. The van der Waals surface area contributed by atoms with Crippen molar-refractivity contribution in [3.63, 3.8) is 0 Å². The third-order valence-electron chi connectivity index (χ3n) is 2.88. The molecule has 1 heterocycles. The molecule has 0 aliphatic heterocycles. The first kappa shape index (κ1) is 14.8. The van der Waals surface area contributed by atoms with Crippen molar-refractivity contribution >= 4 is 11.6 Å². The van der Waals surface area contributed by atoms with Gasteiger partial charge in [-0.05, 0) is 36.2 Å². The molecule has 1 aromatic carbocycles. The van der Waals surface area contributed by atoms with Crippen LogP contribution in [0.1, 0.15) is 35.7 Å². The standard InChI is InChI=1S/C16H16FN3O/c1-2-4-15(12-6-8-14(17)9-7-12)19-20-16(21)13-5-3-10-18-11-13/h3,5-11H,2,4H2,1H3,(H,20,21)/b19-15-. The molecular weight excluding hydrogens is 269 g/mol. The SMILES string of the molecule is CCC/C(=N/NC(=O)c1cccnc1)c1ccc(F)cc1. The van der Waals surface area contributed by atoms with E-state index in [9.17, 15) is 9.18 Å². The van der Waals surface area contributed by atoms with Crippen LogP contribution in [0.15, 0.2) is 53.9 Å². The Kier molecular flexibility index (Phi) is 5.15. The zero-order chi connectivity index (χ0) is 15.1. The van der Waals surface area contributed by atoms with E-state index in [4.69, 9.17) is 0 Å². The Labute approximate surface area is 122 Å². The molecule has 4 nitrogen and oxygen atoms in total. The van der Waals surface area contributed by atoms with Crippen LogP contribution in [0.25, 0.3) is 0 Å². The van der Waals surface area contributed by atoms with Gasteiger partial charge in [0, 0.05) is 12.4 Å². The lowest BCUT2D eigenvalue weighted by Gasteiger charge is -2.06. The minimum atomic E-state index is -0.321. The summed E-state index contributed by atoms with van der Waals surface area (Å²) in [5.74, 6) is -0.618. The number of rotatable bonds is 5. The van der Waals surface area contributed by atoms with Gasteiger partial charge in [0.2, 0.25) is 0 Å². The van der Waals surface area contributed by atoms with Gasteiger partial charge in [0.1, 0.15) is 5.82 Å². The Bertz CT molecular complexity index is 624. The van der Waals surface area contributed by atoms with Crippen molar-refractivity contribution in [2.75, 3.05) is 0 Å². The molecule has 0 spiro atoms. The molecule has 2 rings (SSSR count). The topological polar surface area (TPSA) is 54.4 Å². The molecule has 0 aliphatic rings. The summed E-state index contributed by atoms with van der Waals surface area (Å²) < 4.78 is 13.0. The second-order valence-electron chi connectivity index (χ2n) is 4.50. The number of benzene rings is 1. The van der Waals surface area contributed by atoms with Gasteiger partial charge in [-0.15, -0.1) is 0 Å². The number of carbonyl (C=O) groups is 1. The normalized spacial score (nSPS) is 11.2. The van der Waals surface area contributed by atoms with Gasteiger partial charge in [-0.2, -0.15) is 5.10 Å². The number of aromatic nitrogens is 1. The van der Waals surface area contributed by atoms with Crippen molar-refractivity contribution in [1.29, 1.82) is 0 Å². The molecule has 0 bridgehead atoms. The lowest BCUT2D eigenvalue weighted by Crippen LogP contribution is -2.20. The predicted octanol–water partition coefficient (Wildman–Crippen LogP) is 3.15. The third kappa shape index (κ3) is 4.21. The molecule has 1 aromatic heterocycles. The molecule has 5 heteroatoms. The number of hydrogen-bond acceptors (Lipinski definition) is 3. The first-order valence-corrected chi connectivity index (χ1v) is 6.73. The molecule has 108 valence electrons. The maximum absolute atomic E-state index is 13.0. The summed E-state index contributed by atoms with van der Waals surface area (Å²) in [6.07, 6.45) is 4.64. The third-order valence-corrected chi connectivity index (χ3v) is 2.88. The van der Waals surface area contributed by atoms with E-state index in [1.165, 1.54) is 18.3 Å². The zero-order valence-electron chi connectivity index (χ0n) is 11.7. The van der Waals surface area contributed by atoms with Crippen LogP contribution >= 0.6 is 0 Å². The number of pyridine rings is 1. The number of carbonyl (C=O) groups excluding carboxylic acids is 1. The molecule has 0 atom stereocenters. The molecule has 1 N–H and O–H groups in total. The van der Waals surface area contributed by atoms with Crippen LogP contribution in [0.3, 0.4) is 0 Å². The van der Waals surface area contributed by atoms with Gasteiger partial charge in [-0.25, -0.2) is 9.82 Å². The van der Waals surface area contributed by atoms with Crippen LogP contribution in [-0.4, -0.2) is 16.6 Å². The minimum Gasteiger partial charge on any atom is -0.267 e. The van der Waals surface area contributed by atoms with Gasteiger partial charge >= 0.3 is 0 Å². The summed E-state index contributed by atoms with van der Waals surface area (Å²) in [6, 6.07) is 9.41. The number of hydrazone groups is 1. The Morgan fingerprint density at radius 3 is 2.62 bits per heavy atom. The van der Waals surface area contributed by atoms with E-state index >= 15 is 0 Å². The van der Waals surface area contributed by atoms with Crippen LogP contribution < -0.4 is 5.43 Å². The van der Waals surface area contributed by atoms with Gasteiger partial charge in [0.15, 0.2) is 0 Å². The number of nitrogens with one attached hydrogen (secondary N) is 1. The Morgan fingerprint density at radius 2 is 2.00 bits per heavy atom. The van der Waals surface area contributed by atoms with E-state index in [1.54, 1.807) is 30.5 Å². The molecule has 0 saturated carbocycles. The lowest BCUT2D eigenvalue weighted by molar-refractivity contribution is 0.0954. The fourth-order valence-electron chi connectivity index (χ4n) is 1.82. The average molecular weight is 285 g/mol. The lowest BCUT2D eigenvalue weighted by atomic mass is 10.1. The zero-order valence-corrected chi connectivity index (χ0v) is 11.7. The summed E-state index contributed by atoms with van der Waals surface area (Å²) in [6.45, 7) is 2.02. The van der Waals surface area contributed by atoms with E-state index in [1.807, 2.05) is 6.92 Å². The smallest absolute Gasteiger partial charge is 0.267 e. The highest BCUT2D eigenvalue weighted by molar-refractivity contribution is 6.02. The van der Waals surface area contributed by atoms with Crippen LogP contribution in [0, 0.1) is 5.82 Å². The Morgan fingerprint density at radius 1 is 1.24 bits per heavy atom. The molecule has 0 saturated heterocycles. The maximum Gasteiger partial charge on any atom is 0.272 e. The summed E-state index contributed by atoms with van der Waals surface area (Å²) in [7, 11) is 0. The molecule has 0 unspecified atom stereocenters. The molecular formula is C16H16FN3O. The molecule has 0 fully saturated rings. The van der Waals surface area contributed by atoms with Crippen molar-refractivity contribution in [2.45, 2.75) is 19.8 Å². The second kappa shape index (κ2) is 7.28. The van der Waals surface area contributed by atoms with Crippen LogP contribution in [0.2, 0.25) is 0 Å². The fraction of sp³-hybridized carbons (Fsp3) is 0.188. The van der Waals surface area contributed by atoms with E-state index < -0.39 is 0 Å². The molecule has 21 heavy (non-hydrogen) atoms. The number of amides is 1. The Balaban J connectivity index is 2.14. The van der Waals surface area contributed by atoms with Crippen molar-refractivity contribution in [3.05, 3.63) is 65.7 Å². The molecule has 2 aromatic rings. The van der Waals surface area contributed by atoms with Crippen LogP contribution in [0.5, 0.6) is 0 Å². The summed E-state index contributed by atoms with van der Waals surface area (Å²) in [5, 5.41) is 4.16. The first-order chi connectivity index (χ1) is 10.2. The number of hydrogen-bond donors (Lipinski definition) is 1. The summed E-state index contributed by atoms with van der Waals surface area (Å²) in [4.78, 5) is 15.8. The molecule has 1 amide bonds. The van der Waals surface area contributed by atoms with Gasteiger partial charge < -0.3 is 0 Å². The predicted molar refractivity (Wildman–Crippen MR) is 79.5 cm³/mol. The highest BCUT2D eigenvalue weighted by Gasteiger charge is 2.07.